The van der Waals surface area contributed by atoms with Gasteiger partial charge >= 0.3 is 5.97 Å². The van der Waals surface area contributed by atoms with Crippen molar-refractivity contribution in [2.24, 2.45) is 11.7 Å². The van der Waals surface area contributed by atoms with Gasteiger partial charge < -0.3 is 15.6 Å². The highest BCUT2D eigenvalue weighted by atomic mass is 32.2. The third kappa shape index (κ3) is 4.91. The van der Waals surface area contributed by atoms with Gasteiger partial charge in [-0.3, -0.25) is 14.8 Å². The molecule has 9 nitrogen and oxygen atoms in total. The zero-order chi connectivity index (χ0) is 19.4. The topological polar surface area (TPSA) is 147 Å². The van der Waals surface area contributed by atoms with E-state index in [1.807, 2.05) is 0 Å². The Morgan fingerprint density at radius 2 is 1.92 bits per heavy atom. The minimum Gasteiger partial charge on any atom is -0.497 e. The monoisotopic (exact) mass is 374 g/mol. The van der Waals surface area contributed by atoms with Crippen LogP contribution in [0.4, 0.5) is 0 Å². The lowest BCUT2D eigenvalue weighted by Crippen LogP contribution is -2.46. The maximum Gasteiger partial charge on any atom is 0.324 e. The van der Waals surface area contributed by atoms with Gasteiger partial charge in [0.05, 0.1) is 12.0 Å². The van der Waals surface area contributed by atoms with E-state index in [9.17, 15) is 28.3 Å². The van der Waals surface area contributed by atoms with Crippen LogP contribution in [0.25, 0.3) is 0 Å². The van der Waals surface area contributed by atoms with E-state index >= 15 is 0 Å². The lowest BCUT2D eigenvalue weighted by molar-refractivity contribution is -0.154. The molecule has 1 aromatic carbocycles. The van der Waals surface area contributed by atoms with Crippen LogP contribution in [0, 0.1) is 5.92 Å². The summed E-state index contributed by atoms with van der Waals surface area (Å²) in [6.07, 6.45) is -0.123. The van der Waals surface area contributed by atoms with Gasteiger partial charge in [0.2, 0.25) is 5.91 Å². The van der Waals surface area contributed by atoms with Gasteiger partial charge in [0.25, 0.3) is 10.0 Å². The number of hydrogen-bond acceptors (Lipinski definition) is 6. The Balaban J connectivity index is 3.40. The molecule has 4 N–H and O–H groups in total. The number of nitrogens with zero attached hydrogens (tertiary/aromatic N) is 1. The molecular weight excluding hydrogens is 352 g/mol. The summed E-state index contributed by atoms with van der Waals surface area (Å²) in [6.45, 7) is 2.94. The van der Waals surface area contributed by atoms with E-state index in [1.54, 1.807) is 0 Å². The second kappa shape index (κ2) is 8.28. The molecule has 0 heterocycles. The van der Waals surface area contributed by atoms with E-state index in [4.69, 9.17) is 10.5 Å². The molecule has 25 heavy (non-hydrogen) atoms. The number of amides is 1. The first-order valence-electron chi connectivity index (χ1n) is 7.43. The zero-order valence-corrected chi connectivity index (χ0v) is 15.0. The third-order valence-corrected chi connectivity index (χ3v) is 5.23. The average molecular weight is 374 g/mol. The number of sulfonamides is 1. The number of benzene rings is 1. The summed E-state index contributed by atoms with van der Waals surface area (Å²) in [6, 6.07) is 2.29. The first-order chi connectivity index (χ1) is 11.5. The smallest absolute Gasteiger partial charge is 0.324 e. The fourth-order valence-corrected chi connectivity index (χ4v) is 3.84. The molecule has 0 bridgehead atoms. The van der Waals surface area contributed by atoms with E-state index in [1.165, 1.54) is 39.2 Å². The van der Waals surface area contributed by atoms with Crippen molar-refractivity contribution < 1.29 is 33.1 Å². The van der Waals surface area contributed by atoms with Gasteiger partial charge in [-0.25, -0.2) is 8.42 Å². The van der Waals surface area contributed by atoms with E-state index in [2.05, 4.69) is 0 Å². The molecule has 0 aliphatic heterocycles. The standard InChI is InChI=1S/C15H22N2O7S/c1-9(2)14(15(19)20)17(21)25(22,23)12-6-5-11(24-3)8-10(12)4-7-13(16)18/h5-6,8-9,14,21H,4,7H2,1-3H3,(H2,16,18)(H,19,20)/t14-/m1/s1. The number of nitrogens with two attached hydrogens (primary N) is 1. The van der Waals surface area contributed by atoms with Crippen molar-refractivity contribution in [3.63, 3.8) is 0 Å². The predicted molar refractivity (Wildman–Crippen MR) is 87.6 cm³/mol. The van der Waals surface area contributed by atoms with Gasteiger partial charge in [-0.15, -0.1) is 0 Å². The first kappa shape index (κ1) is 20.9. The van der Waals surface area contributed by atoms with Crippen LogP contribution < -0.4 is 10.5 Å². The van der Waals surface area contributed by atoms with Crippen LogP contribution >= 0.6 is 0 Å². The molecule has 0 aliphatic rings. The van der Waals surface area contributed by atoms with Crippen LogP contribution in [-0.2, 0) is 26.0 Å². The van der Waals surface area contributed by atoms with Crippen LogP contribution in [-0.4, -0.2) is 48.2 Å². The molecule has 0 radical (unpaired) electrons. The van der Waals surface area contributed by atoms with Crippen molar-refractivity contribution in [3.05, 3.63) is 23.8 Å². The fraction of sp³-hybridized carbons (Fsp3) is 0.467. The molecule has 0 aromatic heterocycles. The lowest BCUT2D eigenvalue weighted by Gasteiger charge is -2.25. The number of ether oxygens (including phenoxy) is 1. The van der Waals surface area contributed by atoms with E-state index in [-0.39, 0.29) is 27.8 Å². The Bertz CT molecular complexity index is 746. The second-order valence-corrected chi connectivity index (χ2v) is 7.51. The summed E-state index contributed by atoms with van der Waals surface area (Å²) in [5, 5.41) is 19.3. The van der Waals surface area contributed by atoms with Crippen molar-refractivity contribution >= 4 is 21.9 Å². The van der Waals surface area contributed by atoms with Crippen LogP contribution in [0.15, 0.2) is 23.1 Å². The van der Waals surface area contributed by atoms with Gasteiger partial charge in [0, 0.05) is 6.42 Å². The number of hydrogen-bond donors (Lipinski definition) is 3. The summed E-state index contributed by atoms with van der Waals surface area (Å²) in [4.78, 5) is 22.0. The van der Waals surface area contributed by atoms with Crippen molar-refractivity contribution in [1.29, 1.82) is 0 Å². The molecule has 0 spiro atoms. The Morgan fingerprint density at radius 1 is 1.32 bits per heavy atom. The molecule has 1 aromatic rings. The molecular formula is C15H22N2O7S. The summed E-state index contributed by atoms with van der Waals surface area (Å²) in [5.74, 6) is -2.43. The Labute approximate surface area is 146 Å². The SMILES string of the molecule is COc1ccc(S(=O)(=O)N(O)[C@@H](C(=O)O)C(C)C)c(CCC(N)=O)c1. The lowest BCUT2D eigenvalue weighted by atomic mass is 10.1. The largest absolute Gasteiger partial charge is 0.497 e. The van der Waals surface area contributed by atoms with Gasteiger partial charge in [0.15, 0.2) is 6.04 Å². The van der Waals surface area contributed by atoms with Gasteiger partial charge in [-0.1, -0.05) is 18.3 Å². The number of rotatable bonds is 9. The maximum atomic E-state index is 12.7. The van der Waals surface area contributed by atoms with E-state index in [0.29, 0.717) is 5.75 Å². The van der Waals surface area contributed by atoms with Crippen molar-refractivity contribution in [1.82, 2.24) is 4.47 Å². The van der Waals surface area contributed by atoms with Crippen molar-refractivity contribution in [2.75, 3.05) is 7.11 Å². The molecule has 10 heteroatoms. The fourth-order valence-electron chi connectivity index (χ4n) is 2.27. The van der Waals surface area contributed by atoms with Gasteiger partial charge in [0.1, 0.15) is 5.75 Å². The van der Waals surface area contributed by atoms with Gasteiger partial charge in [-0.2, -0.15) is 0 Å². The number of primary amides is 1. The molecule has 0 saturated carbocycles. The van der Waals surface area contributed by atoms with E-state index in [0.717, 1.165) is 0 Å². The summed E-state index contributed by atoms with van der Waals surface area (Å²) in [7, 11) is -3.14. The number of hydroxylamine groups is 1. The van der Waals surface area contributed by atoms with E-state index < -0.39 is 33.9 Å². The van der Waals surface area contributed by atoms with Crippen LogP contribution in [0.5, 0.6) is 5.75 Å². The molecule has 1 rings (SSSR count). The minimum atomic E-state index is -4.53. The van der Waals surface area contributed by atoms with Crippen LogP contribution in [0.3, 0.4) is 0 Å². The molecule has 1 atom stereocenters. The van der Waals surface area contributed by atoms with Crippen molar-refractivity contribution in [3.8, 4) is 5.75 Å². The summed E-state index contributed by atoms with van der Waals surface area (Å²) in [5.41, 5.74) is 5.29. The zero-order valence-electron chi connectivity index (χ0n) is 14.2. The minimum absolute atomic E-state index is 0.00560. The quantitative estimate of drug-likeness (QED) is 0.536. The highest BCUT2D eigenvalue weighted by Crippen LogP contribution is 2.27. The number of carbonyl (C=O) groups is 2. The molecule has 0 saturated heterocycles. The molecule has 140 valence electrons. The number of carboxylic acids is 1. The molecule has 0 aliphatic carbocycles. The Kier molecular flexibility index (Phi) is 6.91. The highest BCUT2D eigenvalue weighted by Gasteiger charge is 2.38. The average Bonchev–Trinajstić information content (AvgIpc) is 2.51. The van der Waals surface area contributed by atoms with Crippen LogP contribution in [0.1, 0.15) is 25.8 Å². The Morgan fingerprint density at radius 3 is 2.36 bits per heavy atom. The third-order valence-electron chi connectivity index (χ3n) is 3.56. The summed E-state index contributed by atoms with van der Waals surface area (Å²) >= 11 is 0. The molecule has 1 amide bonds. The summed E-state index contributed by atoms with van der Waals surface area (Å²) < 4.78 is 30.3. The Hall–Kier alpha value is -2.17. The van der Waals surface area contributed by atoms with Crippen LogP contribution in [0.2, 0.25) is 0 Å². The number of carboxylic acid groups (broad SMARTS) is 1. The normalized spacial score (nSPS) is 13.0. The second-order valence-electron chi connectivity index (χ2n) is 5.74. The first-order valence-corrected chi connectivity index (χ1v) is 8.87. The maximum absolute atomic E-state index is 12.7. The molecule has 0 unspecified atom stereocenters. The number of aryl methyl sites for hydroxylation is 1. The predicted octanol–water partition coefficient (Wildman–Crippen LogP) is 0.602. The number of methoxy groups -OCH3 is 1. The molecule has 0 fully saturated rings. The van der Waals surface area contributed by atoms with Gasteiger partial charge in [-0.05, 0) is 36.1 Å². The number of carbonyl (C=O) groups excluding carboxylic acids is 1. The number of aliphatic carboxylic acids is 1. The van der Waals surface area contributed by atoms with Crippen molar-refractivity contribution in [2.45, 2.75) is 37.6 Å². The highest BCUT2D eigenvalue weighted by molar-refractivity contribution is 7.89.